The van der Waals surface area contributed by atoms with Crippen molar-refractivity contribution in [2.75, 3.05) is 31.1 Å². The van der Waals surface area contributed by atoms with E-state index in [1.54, 1.807) is 0 Å². The maximum absolute atomic E-state index is 5.43. The largest absolute Gasteiger partial charge is 0.338 e. The van der Waals surface area contributed by atoms with Crippen LogP contribution >= 0.6 is 0 Å². The molecule has 1 aromatic heterocycles. The number of aryl methyl sites for hydroxylation is 1. The Morgan fingerprint density at radius 1 is 1.21 bits per heavy atom. The van der Waals surface area contributed by atoms with Gasteiger partial charge in [0.1, 0.15) is 0 Å². The summed E-state index contributed by atoms with van der Waals surface area (Å²) < 4.78 is 5.43. The lowest BCUT2D eigenvalue weighted by Crippen LogP contribution is -2.43. The normalized spacial score (nSPS) is 21.3. The number of nitrogens with zero attached hydrogens (tertiary/aromatic N) is 2. The summed E-state index contributed by atoms with van der Waals surface area (Å²) in [4.78, 5) is 2.31. The maximum Gasteiger partial charge on any atom is 0.230 e. The number of piperazine rings is 1. The van der Waals surface area contributed by atoms with E-state index in [0.717, 1.165) is 44.9 Å². The third-order valence-corrected chi connectivity index (χ3v) is 3.09. The molecule has 0 amide bonds. The third kappa shape index (κ3) is 1.21. The summed E-state index contributed by atoms with van der Waals surface area (Å²) in [6.07, 6.45) is 3.50. The van der Waals surface area contributed by atoms with Crippen LogP contribution in [0.1, 0.15) is 17.7 Å². The van der Waals surface area contributed by atoms with Gasteiger partial charge in [-0.25, -0.2) is 0 Å². The van der Waals surface area contributed by atoms with Crippen LogP contribution < -0.4 is 10.2 Å². The van der Waals surface area contributed by atoms with E-state index in [9.17, 15) is 0 Å². The summed E-state index contributed by atoms with van der Waals surface area (Å²) in [7, 11) is 0. The molecular weight excluding hydrogens is 178 g/mol. The average molecular weight is 193 g/mol. The number of rotatable bonds is 1. The topological polar surface area (TPSA) is 41.3 Å². The third-order valence-electron chi connectivity index (χ3n) is 3.09. The standard InChI is InChI=1S/C10H15N3O/c1-2-8-9(3-1)12-14-10(8)13-6-4-11-5-7-13/h11H,1-7H2. The first-order chi connectivity index (χ1) is 6.95. The Kier molecular flexibility index (Phi) is 1.94. The van der Waals surface area contributed by atoms with Gasteiger partial charge in [0.05, 0.1) is 5.69 Å². The van der Waals surface area contributed by atoms with Crippen LogP contribution in [0.2, 0.25) is 0 Å². The number of nitrogens with one attached hydrogen (secondary N) is 1. The van der Waals surface area contributed by atoms with Crippen LogP contribution in [0.3, 0.4) is 0 Å². The van der Waals surface area contributed by atoms with Crippen molar-refractivity contribution < 1.29 is 4.52 Å². The van der Waals surface area contributed by atoms with Crippen molar-refractivity contribution in [3.05, 3.63) is 11.3 Å². The first-order valence-electron chi connectivity index (χ1n) is 5.38. The van der Waals surface area contributed by atoms with Crippen LogP contribution in [0.5, 0.6) is 0 Å². The number of aromatic nitrogens is 1. The quantitative estimate of drug-likeness (QED) is 0.708. The maximum atomic E-state index is 5.43. The molecule has 1 saturated heterocycles. The van der Waals surface area contributed by atoms with Crippen LogP contribution in [-0.2, 0) is 12.8 Å². The molecule has 0 radical (unpaired) electrons. The van der Waals surface area contributed by atoms with E-state index in [-0.39, 0.29) is 0 Å². The fourth-order valence-electron chi connectivity index (χ4n) is 2.33. The van der Waals surface area contributed by atoms with Crippen molar-refractivity contribution in [2.24, 2.45) is 0 Å². The van der Waals surface area contributed by atoms with E-state index < -0.39 is 0 Å². The van der Waals surface area contributed by atoms with E-state index in [0.29, 0.717) is 0 Å². The lowest BCUT2D eigenvalue weighted by atomic mass is 10.2. The van der Waals surface area contributed by atoms with Gasteiger partial charge >= 0.3 is 0 Å². The summed E-state index contributed by atoms with van der Waals surface area (Å²) in [5.74, 6) is 1.04. The van der Waals surface area contributed by atoms with Gasteiger partial charge in [0.2, 0.25) is 5.88 Å². The second-order valence-electron chi connectivity index (χ2n) is 4.00. The average Bonchev–Trinajstić information content (AvgIpc) is 2.79. The van der Waals surface area contributed by atoms with E-state index in [1.165, 1.54) is 17.7 Å². The molecule has 4 nitrogen and oxygen atoms in total. The molecule has 1 fully saturated rings. The molecule has 2 heterocycles. The summed E-state index contributed by atoms with van der Waals surface area (Å²) in [5.41, 5.74) is 2.56. The Morgan fingerprint density at radius 2 is 2.07 bits per heavy atom. The monoisotopic (exact) mass is 193 g/mol. The molecule has 0 aromatic carbocycles. The number of hydrogen-bond donors (Lipinski definition) is 1. The Bertz CT molecular complexity index is 328. The second kappa shape index (κ2) is 3.28. The number of anilines is 1. The summed E-state index contributed by atoms with van der Waals surface area (Å²) in [6.45, 7) is 4.19. The Labute approximate surface area is 83.2 Å². The van der Waals surface area contributed by atoms with Crippen molar-refractivity contribution in [1.29, 1.82) is 0 Å². The summed E-state index contributed by atoms with van der Waals surface area (Å²) in [6, 6.07) is 0. The van der Waals surface area contributed by atoms with E-state index in [2.05, 4.69) is 15.4 Å². The molecular formula is C10H15N3O. The van der Waals surface area contributed by atoms with E-state index in [1.807, 2.05) is 0 Å². The van der Waals surface area contributed by atoms with Crippen molar-refractivity contribution in [3.63, 3.8) is 0 Å². The zero-order chi connectivity index (χ0) is 9.38. The molecule has 4 heteroatoms. The Morgan fingerprint density at radius 3 is 2.93 bits per heavy atom. The molecule has 1 aliphatic carbocycles. The molecule has 0 atom stereocenters. The van der Waals surface area contributed by atoms with Crippen molar-refractivity contribution in [2.45, 2.75) is 19.3 Å². The van der Waals surface area contributed by atoms with Crippen molar-refractivity contribution in [1.82, 2.24) is 10.5 Å². The Balaban J connectivity index is 1.88. The molecule has 0 unspecified atom stereocenters. The van der Waals surface area contributed by atoms with Gasteiger partial charge in [0, 0.05) is 31.7 Å². The SMILES string of the molecule is C1Cc2noc(N3CCNCC3)c2C1. The highest BCUT2D eigenvalue weighted by atomic mass is 16.5. The molecule has 2 aliphatic rings. The first kappa shape index (κ1) is 8.29. The van der Waals surface area contributed by atoms with Crippen molar-refractivity contribution in [3.8, 4) is 0 Å². The molecule has 14 heavy (non-hydrogen) atoms. The molecule has 3 rings (SSSR count). The van der Waals surface area contributed by atoms with Gasteiger partial charge in [-0.1, -0.05) is 5.16 Å². The van der Waals surface area contributed by atoms with Gasteiger partial charge in [-0.2, -0.15) is 0 Å². The molecule has 1 aliphatic heterocycles. The number of hydrogen-bond acceptors (Lipinski definition) is 4. The molecule has 1 N–H and O–H groups in total. The second-order valence-corrected chi connectivity index (χ2v) is 4.00. The molecule has 0 bridgehead atoms. The lowest BCUT2D eigenvalue weighted by molar-refractivity contribution is 0.397. The zero-order valence-corrected chi connectivity index (χ0v) is 8.25. The van der Waals surface area contributed by atoms with Gasteiger partial charge < -0.3 is 14.7 Å². The Hall–Kier alpha value is -1.03. The smallest absolute Gasteiger partial charge is 0.230 e. The van der Waals surface area contributed by atoms with Gasteiger partial charge in [-0.3, -0.25) is 0 Å². The van der Waals surface area contributed by atoms with Crippen LogP contribution in [0.4, 0.5) is 5.88 Å². The molecule has 0 saturated carbocycles. The van der Waals surface area contributed by atoms with Crippen LogP contribution in [0.25, 0.3) is 0 Å². The highest BCUT2D eigenvalue weighted by Gasteiger charge is 2.25. The lowest BCUT2D eigenvalue weighted by Gasteiger charge is -2.27. The van der Waals surface area contributed by atoms with Gasteiger partial charge in [0.15, 0.2) is 0 Å². The molecule has 1 aromatic rings. The molecule has 0 spiro atoms. The first-order valence-corrected chi connectivity index (χ1v) is 5.38. The minimum absolute atomic E-state index is 1.04. The zero-order valence-electron chi connectivity index (χ0n) is 8.25. The van der Waals surface area contributed by atoms with E-state index >= 15 is 0 Å². The van der Waals surface area contributed by atoms with Crippen molar-refractivity contribution >= 4 is 5.88 Å². The summed E-state index contributed by atoms with van der Waals surface area (Å²) >= 11 is 0. The minimum Gasteiger partial charge on any atom is -0.338 e. The van der Waals surface area contributed by atoms with E-state index in [4.69, 9.17) is 4.52 Å². The predicted octanol–water partition coefficient (Wildman–Crippen LogP) is 0.573. The van der Waals surface area contributed by atoms with Crippen LogP contribution in [-0.4, -0.2) is 31.3 Å². The highest BCUT2D eigenvalue weighted by molar-refractivity contribution is 5.48. The highest BCUT2D eigenvalue weighted by Crippen LogP contribution is 2.31. The fraction of sp³-hybridized carbons (Fsp3) is 0.700. The van der Waals surface area contributed by atoms with Gasteiger partial charge in [-0.05, 0) is 19.3 Å². The fourth-order valence-corrected chi connectivity index (χ4v) is 2.33. The predicted molar refractivity (Wildman–Crippen MR) is 53.6 cm³/mol. The molecule has 76 valence electrons. The van der Waals surface area contributed by atoms with Crippen LogP contribution in [0, 0.1) is 0 Å². The number of fused-ring (bicyclic) bond motifs is 1. The minimum atomic E-state index is 1.04. The van der Waals surface area contributed by atoms with Crippen LogP contribution in [0.15, 0.2) is 4.52 Å². The summed E-state index contributed by atoms with van der Waals surface area (Å²) in [5, 5.41) is 7.48. The van der Waals surface area contributed by atoms with Gasteiger partial charge in [0.25, 0.3) is 0 Å². The van der Waals surface area contributed by atoms with Gasteiger partial charge in [-0.15, -0.1) is 0 Å².